The number of carbonyl (C=O) groups excluding carboxylic acids is 3. The summed E-state index contributed by atoms with van der Waals surface area (Å²) in [5, 5.41) is 11.1. The zero-order valence-electron chi connectivity index (χ0n) is 17.0. The number of esters is 1. The summed E-state index contributed by atoms with van der Waals surface area (Å²) in [6, 6.07) is 0. The van der Waals surface area contributed by atoms with Crippen LogP contribution in [0.1, 0.15) is 52.4 Å². The highest BCUT2D eigenvalue weighted by molar-refractivity contribution is 6.13. The summed E-state index contributed by atoms with van der Waals surface area (Å²) >= 11 is 0. The second-order valence-corrected chi connectivity index (χ2v) is 9.57. The summed E-state index contributed by atoms with van der Waals surface area (Å²) in [4.78, 5) is 40.6. The molecule has 2 heterocycles. The van der Waals surface area contributed by atoms with Crippen molar-refractivity contribution in [1.82, 2.24) is 4.90 Å². The van der Waals surface area contributed by atoms with Gasteiger partial charge in [0, 0.05) is 48.2 Å². The molecule has 29 heavy (non-hydrogen) atoms. The van der Waals surface area contributed by atoms with E-state index in [9.17, 15) is 19.5 Å². The van der Waals surface area contributed by atoms with Crippen LogP contribution in [0, 0.1) is 16.7 Å². The van der Waals surface area contributed by atoms with Crippen molar-refractivity contribution < 1.29 is 24.2 Å². The minimum Gasteiger partial charge on any atom is -0.504 e. The van der Waals surface area contributed by atoms with Gasteiger partial charge in [0.05, 0.1) is 11.0 Å². The molecule has 2 aliphatic heterocycles. The third-order valence-corrected chi connectivity index (χ3v) is 7.98. The molecule has 2 saturated heterocycles. The Kier molecular flexibility index (Phi) is 3.90. The summed E-state index contributed by atoms with van der Waals surface area (Å²) in [5.41, 5.74) is 1.02. The molecule has 154 valence electrons. The summed E-state index contributed by atoms with van der Waals surface area (Å²) in [5.74, 6) is -1.16. The minimum absolute atomic E-state index is 0.117. The molecule has 5 aliphatic rings. The van der Waals surface area contributed by atoms with Crippen molar-refractivity contribution in [2.75, 3.05) is 19.7 Å². The van der Waals surface area contributed by atoms with Gasteiger partial charge in [-0.25, -0.2) is 4.79 Å². The molecule has 0 aromatic heterocycles. The maximum atomic E-state index is 13.4. The normalized spacial score (nSPS) is 38.4. The number of likely N-dealkylation sites (tertiary alicyclic amines) is 1. The van der Waals surface area contributed by atoms with Gasteiger partial charge >= 0.3 is 5.97 Å². The summed E-state index contributed by atoms with van der Waals surface area (Å²) in [6.07, 6.45) is 6.33. The Hall–Kier alpha value is -2.37. The van der Waals surface area contributed by atoms with Gasteiger partial charge in [-0.3, -0.25) is 9.59 Å². The molecule has 3 unspecified atom stereocenters. The fourth-order valence-corrected chi connectivity index (χ4v) is 6.25. The highest BCUT2D eigenvalue weighted by atomic mass is 16.5. The van der Waals surface area contributed by atoms with Crippen molar-refractivity contribution in [2.24, 2.45) is 16.7 Å². The number of ether oxygens (including phenoxy) is 1. The van der Waals surface area contributed by atoms with E-state index >= 15 is 0 Å². The first-order chi connectivity index (χ1) is 13.8. The lowest BCUT2D eigenvalue weighted by Gasteiger charge is -2.48. The number of aliphatic hydroxyl groups is 1. The van der Waals surface area contributed by atoms with E-state index < -0.39 is 22.6 Å². The molecule has 3 atom stereocenters. The Labute approximate surface area is 170 Å². The summed E-state index contributed by atoms with van der Waals surface area (Å²) in [6.45, 7) is 5.75. The largest absolute Gasteiger partial charge is 0.504 e. The molecule has 3 fully saturated rings. The van der Waals surface area contributed by atoms with Crippen LogP contribution in [0.5, 0.6) is 0 Å². The lowest BCUT2D eigenvalue weighted by Crippen LogP contribution is -2.47. The van der Waals surface area contributed by atoms with Crippen LogP contribution in [0.2, 0.25) is 0 Å². The standard InChI is InChI=1S/C23H27NO5/c1-22-8-7-15-17(14(22)5-6-16(22)25)19(26)20(27)18-13(11-24-9-3-4-10-24)21(28)29-12-23(15,18)2/h11,14,27H,3-10,12H2,1-2H3/b13-11+. The minimum atomic E-state index is -0.722. The maximum absolute atomic E-state index is 13.4. The first-order valence-corrected chi connectivity index (χ1v) is 10.7. The quantitative estimate of drug-likeness (QED) is 0.541. The number of allylic oxidation sites excluding steroid dienone is 1. The summed E-state index contributed by atoms with van der Waals surface area (Å²) in [7, 11) is 0. The van der Waals surface area contributed by atoms with E-state index in [1.807, 2.05) is 13.8 Å². The van der Waals surface area contributed by atoms with Crippen LogP contribution in [-0.2, 0) is 19.1 Å². The topological polar surface area (TPSA) is 83.9 Å². The van der Waals surface area contributed by atoms with E-state index in [1.165, 1.54) is 0 Å². The smallest absolute Gasteiger partial charge is 0.340 e. The molecular formula is C23H27NO5. The van der Waals surface area contributed by atoms with Crippen LogP contribution in [0.4, 0.5) is 0 Å². The number of nitrogens with zero attached hydrogens (tertiary/aromatic N) is 1. The first kappa shape index (κ1) is 18.6. The van der Waals surface area contributed by atoms with E-state index in [0.29, 0.717) is 42.4 Å². The lowest BCUT2D eigenvalue weighted by atomic mass is 9.56. The average Bonchev–Trinajstić information content (AvgIpc) is 3.30. The molecule has 6 heteroatoms. The highest BCUT2D eigenvalue weighted by Gasteiger charge is 2.58. The monoisotopic (exact) mass is 397 g/mol. The fourth-order valence-electron chi connectivity index (χ4n) is 6.25. The molecule has 0 bridgehead atoms. The Balaban J connectivity index is 1.65. The molecule has 3 aliphatic carbocycles. The Morgan fingerprint density at radius 2 is 1.86 bits per heavy atom. The second kappa shape index (κ2) is 6.07. The predicted molar refractivity (Wildman–Crippen MR) is 105 cm³/mol. The van der Waals surface area contributed by atoms with Gasteiger partial charge in [0.2, 0.25) is 5.78 Å². The van der Waals surface area contributed by atoms with Crippen molar-refractivity contribution in [3.8, 4) is 0 Å². The third kappa shape index (κ3) is 2.37. The highest BCUT2D eigenvalue weighted by Crippen LogP contribution is 2.60. The van der Waals surface area contributed by atoms with Crippen LogP contribution in [0.25, 0.3) is 0 Å². The molecular weight excluding hydrogens is 370 g/mol. The molecule has 1 N–H and O–H groups in total. The van der Waals surface area contributed by atoms with E-state index in [4.69, 9.17) is 4.74 Å². The molecule has 0 radical (unpaired) electrons. The van der Waals surface area contributed by atoms with Gasteiger partial charge in [0.15, 0.2) is 5.76 Å². The Morgan fingerprint density at radius 1 is 1.14 bits per heavy atom. The number of hydrogen-bond acceptors (Lipinski definition) is 6. The molecule has 0 aromatic carbocycles. The number of aliphatic hydroxyl groups excluding tert-OH is 1. The number of cyclic esters (lactones) is 1. The molecule has 0 amide bonds. The molecule has 1 saturated carbocycles. The van der Waals surface area contributed by atoms with E-state index in [2.05, 4.69) is 4.90 Å². The van der Waals surface area contributed by atoms with Crippen LogP contribution in [-0.4, -0.2) is 47.2 Å². The predicted octanol–water partition coefficient (Wildman–Crippen LogP) is 3.00. The number of ketones is 2. The van der Waals surface area contributed by atoms with E-state index in [-0.39, 0.29) is 24.1 Å². The van der Waals surface area contributed by atoms with Gasteiger partial charge in [-0.15, -0.1) is 0 Å². The number of carbonyl (C=O) groups is 3. The van der Waals surface area contributed by atoms with Gasteiger partial charge < -0.3 is 14.7 Å². The van der Waals surface area contributed by atoms with Gasteiger partial charge in [-0.05, 0) is 44.6 Å². The van der Waals surface area contributed by atoms with Crippen LogP contribution in [0.3, 0.4) is 0 Å². The van der Waals surface area contributed by atoms with Crippen molar-refractivity contribution >= 4 is 17.5 Å². The third-order valence-electron chi connectivity index (χ3n) is 7.98. The Bertz CT molecular complexity index is 935. The van der Waals surface area contributed by atoms with Crippen LogP contribution in [0.15, 0.2) is 34.3 Å². The zero-order valence-corrected chi connectivity index (χ0v) is 17.0. The van der Waals surface area contributed by atoms with Gasteiger partial charge in [0.1, 0.15) is 12.4 Å². The molecule has 6 nitrogen and oxygen atoms in total. The van der Waals surface area contributed by atoms with Crippen molar-refractivity contribution in [3.63, 3.8) is 0 Å². The van der Waals surface area contributed by atoms with Gasteiger partial charge in [0.25, 0.3) is 0 Å². The second-order valence-electron chi connectivity index (χ2n) is 9.57. The van der Waals surface area contributed by atoms with Gasteiger partial charge in [-0.1, -0.05) is 6.92 Å². The van der Waals surface area contributed by atoms with Crippen LogP contribution < -0.4 is 0 Å². The number of Topliss-reactive ketones (excluding diaryl/α,β-unsaturated/α-hetero) is 2. The molecule has 5 rings (SSSR count). The molecule has 0 spiro atoms. The molecule has 0 aromatic rings. The summed E-state index contributed by atoms with van der Waals surface area (Å²) < 4.78 is 5.57. The average molecular weight is 397 g/mol. The van der Waals surface area contributed by atoms with Crippen molar-refractivity contribution in [1.29, 1.82) is 0 Å². The first-order valence-electron chi connectivity index (χ1n) is 10.7. The van der Waals surface area contributed by atoms with Crippen LogP contribution >= 0.6 is 0 Å². The van der Waals surface area contributed by atoms with Crippen molar-refractivity contribution in [2.45, 2.75) is 52.4 Å². The SMILES string of the molecule is CC12COC(=O)/C(=C/N3CCCC3)C1=C(O)C(=O)C1=C2CCC2(C)C(=O)CCC12. The lowest BCUT2D eigenvalue weighted by molar-refractivity contribution is -0.143. The fraction of sp³-hybridized carbons (Fsp3) is 0.609. The maximum Gasteiger partial charge on any atom is 0.340 e. The van der Waals surface area contributed by atoms with E-state index in [1.54, 1.807) is 6.20 Å². The number of hydrogen-bond donors (Lipinski definition) is 1. The number of fused-ring (bicyclic) bond motifs is 4. The van der Waals surface area contributed by atoms with Gasteiger partial charge in [-0.2, -0.15) is 0 Å². The zero-order chi connectivity index (χ0) is 20.6. The van der Waals surface area contributed by atoms with E-state index in [0.717, 1.165) is 31.5 Å². The number of rotatable bonds is 1. The van der Waals surface area contributed by atoms with Crippen molar-refractivity contribution in [3.05, 3.63) is 34.3 Å². The Morgan fingerprint density at radius 3 is 2.59 bits per heavy atom.